The van der Waals surface area contributed by atoms with Gasteiger partial charge in [-0.05, 0) is 31.0 Å². The van der Waals surface area contributed by atoms with E-state index >= 15 is 0 Å². The van der Waals surface area contributed by atoms with Crippen LogP contribution in [0.4, 0.5) is 0 Å². The van der Waals surface area contributed by atoms with Gasteiger partial charge in [-0.2, -0.15) is 4.98 Å². The van der Waals surface area contributed by atoms with Crippen LogP contribution in [0, 0.1) is 0 Å². The highest BCUT2D eigenvalue weighted by Gasteiger charge is 2.29. The minimum atomic E-state index is 0.509. The molecule has 0 N–H and O–H groups in total. The van der Waals surface area contributed by atoms with Gasteiger partial charge in [0.1, 0.15) is 0 Å². The first-order valence-electron chi connectivity index (χ1n) is 7.23. The lowest BCUT2D eigenvalue weighted by Crippen LogP contribution is -1.97. The second kappa shape index (κ2) is 5.60. The van der Waals surface area contributed by atoms with Crippen molar-refractivity contribution in [1.82, 2.24) is 10.1 Å². The predicted octanol–water partition coefficient (Wildman–Crippen LogP) is 3.40. The van der Waals surface area contributed by atoms with Crippen LogP contribution in [0.25, 0.3) is 0 Å². The van der Waals surface area contributed by atoms with Gasteiger partial charge in [-0.15, -0.1) is 11.8 Å². The zero-order chi connectivity index (χ0) is 14.1. The zero-order valence-electron chi connectivity index (χ0n) is 11.6. The Labute approximate surface area is 127 Å². The van der Waals surface area contributed by atoms with Crippen molar-refractivity contribution in [2.75, 3.05) is 13.2 Å². The molecule has 0 unspecified atom stereocenters. The monoisotopic (exact) mass is 304 g/mol. The number of ether oxygens (including phenoxy) is 2. The van der Waals surface area contributed by atoms with E-state index in [4.69, 9.17) is 14.0 Å². The van der Waals surface area contributed by atoms with E-state index in [0.717, 1.165) is 34.5 Å². The quantitative estimate of drug-likeness (QED) is 0.807. The SMILES string of the molecule is c1cc2c(cc1SCc1noc(C3CC3)n1)OCCCO2. The molecule has 21 heavy (non-hydrogen) atoms. The maximum absolute atomic E-state index is 5.70. The lowest BCUT2D eigenvalue weighted by atomic mass is 10.3. The summed E-state index contributed by atoms with van der Waals surface area (Å²) in [5, 5.41) is 4.03. The second-order valence-electron chi connectivity index (χ2n) is 5.27. The highest BCUT2D eigenvalue weighted by Crippen LogP contribution is 2.39. The van der Waals surface area contributed by atoms with Crippen molar-refractivity contribution in [2.24, 2.45) is 0 Å². The average molecular weight is 304 g/mol. The summed E-state index contributed by atoms with van der Waals surface area (Å²) in [5.74, 6) is 4.42. The first-order chi connectivity index (χ1) is 10.4. The van der Waals surface area contributed by atoms with Crippen LogP contribution in [0.1, 0.15) is 36.9 Å². The van der Waals surface area contributed by atoms with Gasteiger partial charge in [0.2, 0.25) is 5.89 Å². The summed E-state index contributed by atoms with van der Waals surface area (Å²) in [4.78, 5) is 5.56. The third kappa shape index (κ3) is 3.00. The Morgan fingerprint density at radius 2 is 2.00 bits per heavy atom. The van der Waals surface area contributed by atoms with E-state index < -0.39 is 0 Å². The number of nitrogens with zero attached hydrogens (tertiary/aromatic N) is 2. The number of benzene rings is 1. The fraction of sp³-hybridized carbons (Fsp3) is 0.467. The van der Waals surface area contributed by atoms with Gasteiger partial charge in [-0.3, -0.25) is 0 Å². The van der Waals surface area contributed by atoms with Crippen molar-refractivity contribution >= 4 is 11.8 Å². The molecule has 1 fully saturated rings. The highest BCUT2D eigenvalue weighted by atomic mass is 32.2. The summed E-state index contributed by atoms with van der Waals surface area (Å²) in [7, 11) is 0. The molecular weight excluding hydrogens is 288 g/mol. The van der Waals surface area contributed by atoms with Crippen LogP contribution in [0.2, 0.25) is 0 Å². The van der Waals surface area contributed by atoms with E-state index in [9.17, 15) is 0 Å². The van der Waals surface area contributed by atoms with Crippen molar-refractivity contribution in [3.8, 4) is 11.5 Å². The number of fused-ring (bicyclic) bond motifs is 1. The molecule has 2 aromatic rings. The van der Waals surface area contributed by atoms with Gasteiger partial charge in [0.25, 0.3) is 0 Å². The fourth-order valence-corrected chi connectivity index (χ4v) is 2.97. The molecule has 1 aromatic heterocycles. The third-order valence-corrected chi connectivity index (χ3v) is 4.49. The van der Waals surface area contributed by atoms with Crippen molar-refractivity contribution in [3.63, 3.8) is 0 Å². The van der Waals surface area contributed by atoms with Crippen LogP contribution in [-0.4, -0.2) is 23.4 Å². The summed E-state index contributed by atoms with van der Waals surface area (Å²) < 4.78 is 16.6. The maximum atomic E-state index is 5.70. The molecule has 1 aliphatic carbocycles. The van der Waals surface area contributed by atoms with Crippen LogP contribution in [0.3, 0.4) is 0 Å². The van der Waals surface area contributed by atoms with Gasteiger partial charge in [0.05, 0.1) is 19.0 Å². The van der Waals surface area contributed by atoms with E-state index in [1.54, 1.807) is 11.8 Å². The molecule has 4 rings (SSSR count). The van der Waals surface area contributed by atoms with E-state index in [-0.39, 0.29) is 0 Å². The number of rotatable bonds is 4. The van der Waals surface area contributed by atoms with Gasteiger partial charge in [0, 0.05) is 17.2 Å². The van der Waals surface area contributed by atoms with Crippen molar-refractivity contribution < 1.29 is 14.0 Å². The Kier molecular flexibility index (Phi) is 3.47. The van der Waals surface area contributed by atoms with Crippen LogP contribution in [0.15, 0.2) is 27.6 Å². The van der Waals surface area contributed by atoms with E-state index in [1.807, 2.05) is 18.2 Å². The van der Waals surface area contributed by atoms with Crippen LogP contribution in [-0.2, 0) is 5.75 Å². The van der Waals surface area contributed by atoms with Gasteiger partial charge >= 0.3 is 0 Å². The Morgan fingerprint density at radius 3 is 2.86 bits per heavy atom. The molecule has 0 saturated heterocycles. The number of thioether (sulfide) groups is 1. The normalized spacial score (nSPS) is 17.5. The zero-order valence-corrected chi connectivity index (χ0v) is 12.4. The molecule has 0 amide bonds. The topological polar surface area (TPSA) is 57.4 Å². The maximum Gasteiger partial charge on any atom is 0.229 e. The molecular formula is C15H16N2O3S. The Bertz CT molecular complexity index is 640. The molecule has 1 saturated carbocycles. The summed E-state index contributed by atoms with van der Waals surface area (Å²) in [6, 6.07) is 6.03. The lowest BCUT2D eigenvalue weighted by molar-refractivity contribution is 0.297. The molecule has 0 radical (unpaired) electrons. The van der Waals surface area contributed by atoms with Crippen LogP contribution < -0.4 is 9.47 Å². The molecule has 0 spiro atoms. The van der Waals surface area contributed by atoms with Gasteiger partial charge in [-0.1, -0.05) is 5.16 Å². The largest absolute Gasteiger partial charge is 0.490 e. The molecule has 1 aromatic carbocycles. The molecule has 2 aliphatic rings. The lowest BCUT2D eigenvalue weighted by Gasteiger charge is -2.08. The number of hydrogen-bond acceptors (Lipinski definition) is 6. The molecule has 2 heterocycles. The summed E-state index contributed by atoms with van der Waals surface area (Å²) in [6.45, 7) is 1.42. The number of hydrogen-bond donors (Lipinski definition) is 0. The van der Waals surface area contributed by atoms with E-state index in [0.29, 0.717) is 24.9 Å². The summed E-state index contributed by atoms with van der Waals surface area (Å²) >= 11 is 1.68. The fourth-order valence-electron chi connectivity index (χ4n) is 2.20. The molecule has 0 atom stereocenters. The van der Waals surface area contributed by atoms with Crippen LogP contribution >= 0.6 is 11.8 Å². The van der Waals surface area contributed by atoms with Crippen LogP contribution in [0.5, 0.6) is 11.5 Å². The molecule has 1 aliphatic heterocycles. The minimum Gasteiger partial charge on any atom is -0.490 e. The Hall–Kier alpha value is -1.69. The first kappa shape index (κ1) is 13.0. The summed E-state index contributed by atoms with van der Waals surface area (Å²) in [6.07, 6.45) is 3.28. The Balaban J connectivity index is 1.42. The van der Waals surface area contributed by atoms with E-state index in [1.165, 1.54) is 12.8 Å². The highest BCUT2D eigenvalue weighted by molar-refractivity contribution is 7.98. The summed E-state index contributed by atoms with van der Waals surface area (Å²) in [5.41, 5.74) is 0. The number of aromatic nitrogens is 2. The van der Waals surface area contributed by atoms with Gasteiger partial charge in [-0.25, -0.2) is 0 Å². The molecule has 6 heteroatoms. The smallest absolute Gasteiger partial charge is 0.229 e. The predicted molar refractivity (Wildman–Crippen MR) is 77.9 cm³/mol. The van der Waals surface area contributed by atoms with Crippen molar-refractivity contribution in [2.45, 2.75) is 35.8 Å². The van der Waals surface area contributed by atoms with Crippen molar-refractivity contribution in [3.05, 3.63) is 29.9 Å². The average Bonchev–Trinajstić information content (AvgIpc) is 3.29. The molecule has 110 valence electrons. The van der Waals surface area contributed by atoms with Gasteiger partial charge < -0.3 is 14.0 Å². The second-order valence-corrected chi connectivity index (χ2v) is 6.32. The minimum absolute atomic E-state index is 0.509. The van der Waals surface area contributed by atoms with E-state index in [2.05, 4.69) is 10.1 Å². The molecule has 0 bridgehead atoms. The van der Waals surface area contributed by atoms with Gasteiger partial charge in [0.15, 0.2) is 17.3 Å². The standard InChI is InChI=1S/C15H16N2O3S/c1-6-18-12-5-4-11(8-13(12)19-7-1)21-9-14-16-15(20-17-14)10-2-3-10/h4-5,8,10H,1-3,6-7,9H2. The first-order valence-corrected chi connectivity index (χ1v) is 8.22. The Morgan fingerprint density at radius 1 is 1.14 bits per heavy atom. The molecule has 5 nitrogen and oxygen atoms in total. The third-order valence-electron chi connectivity index (χ3n) is 3.50. The van der Waals surface area contributed by atoms with Crippen molar-refractivity contribution in [1.29, 1.82) is 0 Å².